The van der Waals surface area contributed by atoms with Crippen LogP contribution >= 0.6 is 0 Å². The first kappa shape index (κ1) is 18.7. The molecule has 0 spiro atoms. The molecule has 1 aromatic heterocycles. The molecule has 25 heavy (non-hydrogen) atoms. The van der Waals surface area contributed by atoms with Gasteiger partial charge in [0.15, 0.2) is 0 Å². The number of hydrazone groups is 1. The quantitative estimate of drug-likeness (QED) is 0.274. The molecule has 0 aliphatic carbocycles. The van der Waals surface area contributed by atoms with Gasteiger partial charge in [0.05, 0.1) is 12.1 Å². The Morgan fingerprint density at radius 3 is 2.56 bits per heavy atom. The SMILES string of the molecule is Cc1ccc(C(CN(N)/C=N\N)C(F)(F)c2ccc(F)cn2)c(F)c1. The van der Waals surface area contributed by atoms with E-state index in [1.807, 2.05) is 0 Å². The molecule has 134 valence electrons. The highest BCUT2D eigenvalue weighted by molar-refractivity contribution is 5.53. The van der Waals surface area contributed by atoms with Crippen LogP contribution < -0.4 is 11.7 Å². The first-order chi connectivity index (χ1) is 11.8. The number of aryl methyl sites for hydroxylation is 1. The van der Waals surface area contributed by atoms with Gasteiger partial charge in [-0.2, -0.15) is 13.9 Å². The zero-order chi connectivity index (χ0) is 18.6. The van der Waals surface area contributed by atoms with Gasteiger partial charge in [0.1, 0.15) is 23.7 Å². The van der Waals surface area contributed by atoms with Crippen molar-refractivity contribution in [2.75, 3.05) is 6.54 Å². The van der Waals surface area contributed by atoms with Crippen LogP contribution in [0.2, 0.25) is 0 Å². The van der Waals surface area contributed by atoms with Crippen LogP contribution in [0.4, 0.5) is 17.6 Å². The molecule has 5 nitrogen and oxygen atoms in total. The van der Waals surface area contributed by atoms with Crippen LogP contribution in [0.5, 0.6) is 0 Å². The van der Waals surface area contributed by atoms with Gasteiger partial charge < -0.3 is 5.84 Å². The summed E-state index contributed by atoms with van der Waals surface area (Å²) in [5.41, 5.74) is -0.365. The summed E-state index contributed by atoms with van der Waals surface area (Å²) in [7, 11) is 0. The number of pyridine rings is 1. The Hall–Kier alpha value is -2.68. The summed E-state index contributed by atoms with van der Waals surface area (Å²) in [5, 5.41) is 3.98. The Morgan fingerprint density at radius 1 is 1.28 bits per heavy atom. The van der Waals surface area contributed by atoms with E-state index in [2.05, 4.69) is 10.1 Å². The first-order valence-electron chi connectivity index (χ1n) is 7.26. The predicted molar refractivity (Wildman–Crippen MR) is 85.5 cm³/mol. The number of hydrazine groups is 1. The second kappa shape index (κ2) is 7.47. The van der Waals surface area contributed by atoms with Crippen molar-refractivity contribution in [3.8, 4) is 0 Å². The molecule has 0 radical (unpaired) electrons. The molecule has 1 atom stereocenters. The molecule has 1 unspecified atom stereocenters. The summed E-state index contributed by atoms with van der Waals surface area (Å²) >= 11 is 0. The third-order valence-corrected chi connectivity index (χ3v) is 3.65. The van der Waals surface area contributed by atoms with E-state index >= 15 is 8.78 Å². The van der Waals surface area contributed by atoms with Gasteiger partial charge in [0.2, 0.25) is 0 Å². The molecule has 0 saturated heterocycles. The number of aromatic nitrogens is 1. The van der Waals surface area contributed by atoms with Crippen LogP contribution in [0.1, 0.15) is 22.7 Å². The zero-order valence-corrected chi connectivity index (χ0v) is 13.3. The Kier molecular flexibility index (Phi) is 5.58. The lowest BCUT2D eigenvalue weighted by Gasteiger charge is -2.29. The topological polar surface area (TPSA) is 80.5 Å². The zero-order valence-electron chi connectivity index (χ0n) is 13.3. The van der Waals surface area contributed by atoms with E-state index in [4.69, 9.17) is 11.7 Å². The van der Waals surface area contributed by atoms with Crippen molar-refractivity contribution in [2.24, 2.45) is 16.8 Å². The lowest BCUT2D eigenvalue weighted by atomic mass is 9.89. The maximum absolute atomic E-state index is 15.0. The number of rotatable bonds is 6. The van der Waals surface area contributed by atoms with Crippen molar-refractivity contribution in [1.29, 1.82) is 0 Å². The minimum absolute atomic E-state index is 0.248. The molecular weight excluding hydrogens is 338 g/mol. The molecule has 2 rings (SSSR count). The normalized spacial score (nSPS) is 13.2. The number of halogens is 4. The van der Waals surface area contributed by atoms with Crippen LogP contribution in [-0.4, -0.2) is 22.9 Å². The molecule has 0 aliphatic rings. The molecule has 0 bridgehead atoms. The molecule has 0 fully saturated rings. The van der Waals surface area contributed by atoms with Gasteiger partial charge in [-0.25, -0.2) is 14.6 Å². The Morgan fingerprint density at radius 2 is 2.00 bits per heavy atom. The highest BCUT2D eigenvalue weighted by Crippen LogP contribution is 2.42. The molecule has 1 aromatic carbocycles. The highest BCUT2D eigenvalue weighted by atomic mass is 19.3. The van der Waals surface area contributed by atoms with E-state index in [-0.39, 0.29) is 5.56 Å². The van der Waals surface area contributed by atoms with Gasteiger partial charge in [-0.3, -0.25) is 9.99 Å². The summed E-state index contributed by atoms with van der Waals surface area (Å²) in [6.45, 7) is 1.14. The maximum Gasteiger partial charge on any atom is 0.298 e. The van der Waals surface area contributed by atoms with Gasteiger partial charge in [-0.15, -0.1) is 0 Å². The molecular formula is C16H17F4N5. The number of benzene rings is 1. The Labute approximate surface area is 141 Å². The van der Waals surface area contributed by atoms with E-state index in [0.29, 0.717) is 11.8 Å². The van der Waals surface area contributed by atoms with Crippen LogP contribution in [0.15, 0.2) is 41.6 Å². The third-order valence-electron chi connectivity index (χ3n) is 3.65. The first-order valence-corrected chi connectivity index (χ1v) is 7.26. The Bertz CT molecular complexity index is 749. The second-order valence-corrected chi connectivity index (χ2v) is 5.52. The smallest absolute Gasteiger partial charge is 0.298 e. The minimum atomic E-state index is -3.62. The molecule has 1 heterocycles. The van der Waals surface area contributed by atoms with Gasteiger partial charge >= 0.3 is 0 Å². The average Bonchev–Trinajstić information content (AvgIpc) is 2.54. The molecule has 4 N–H and O–H groups in total. The fourth-order valence-electron chi connectivity index (χ4n) is 2.42. The van der Waals surface area contributed by atoms with Gasteiger partial charge in [-0.05, 0) is 36.2 Å². The van der Waals surface area contributed by atoms with E-state index in [1.165, 1.54) is 12.1 Å². The van der Waals surface area contributed by atoms with Crippen molar-refractivity contribution in [3.05, 3.63) is 65.0 Å². The van der Waals surface area contributed by atoms with E-state index in [0.717, 1.165) is 29.5 Å². The summed E-state index contributed by atoms with van der Waals surface area (Å²) in [6.07, 6.45) is 1.61. The van der Waals surface area contributed by atoms with E-state index < -0.39 is 35.7 Å². The summed E-state index contributed by atoms with van der Waals surface area (Å²) in [5.74, 6) is 3.65. The molecule has 0 saturated carbocycles. The second-order valence-electron chi connectivity index (χ2n) is 5.52. The van der Waals surface area contributed by atoms with Crippen molar-refractivity contribution in [1.82, 2.24) is 9.99 Å². The van der Waals surface area contributed by atoms with E-state index in [9.17, 15) is 8.78 Å². The monoisotopic (exact) mass is 355 g/mol. The van der Waals surface area contributed by atoms with E-state index in [1.54, 1.807) is 6.92 Å². The number of nitrogens with zero attached hydrogens (tertiary/aromatic N) is 3. The van der Waals surface area contributed by atoms with Crippen LogP contribution in [-0.2, 0) is 5.92 Å². The fourth-order valence-corrected chi connectivity index (χ4v) is 2.42. The predicted octanol–water partition coefficient (Wildman–Crippen LogP) is 2.62. The van der Waals surface area contributed by atoms with Crippen molar-refractivity contribution >= 4 is 6.34 Å². The number of hydrogen-bond donors (Lipinski definition) is 2. The standard InChI is InChI=1S/C16H17F4N5/c1-10-2-4-12(14(18)6-10)13(8-25(22)9-24-21)16(19,20)15-5-3-11(17)7-23-15/h2-7,9,13H,8,21-22H2,1H3/b24-9-. The number of hydrogen-bond acceptors (Lipinski definition) is 4. The van der Waals surface area contributed by atoms with Crippen molar-refractivity contribution in [3.63, 3.8) is 0 Å². The highest BCUT2D eigenvalue weighted by Gasteiger charge is 2.45. The van der Waals surface area contributed by atoms with Crippen molar-refractivity contribution in [2.45, 2.75) is 18.8 Å². The number of nitrogens with two attached hydrogens (primary N) is 2. The van der Waals surface area contributed by atoms with Crippen molar-refractivity contribution < 1.29 is 17.6 Å². The van der Waals surface area contributed by atoms with Crippen LogP contribution in [0.3, 0.4) is 0 Å². The maximum atomic E-state index is 15.0. The molecule has 0 aliphatic heterocycles. The van der Waals surface area contributed by atoms with Gasteiger partial charge in [0.25, 0.3) is 5.92 Å². The molecule has 0 amide bonds. The summed E-state index contributed by atoms with van der Waals surface area (Å²) < 4.78 is 57.3. The lowest BCUT2D eigenvalue weighted by molar-refractivity contribution is -0.0443. The van der Waals surface area contributed by atoms with Gasteiger partial charge in [-0.1, -0.05) is 12.1 Å². The van der Waals surface area contributed by atoms with Crippen LogP contribution in [0, 0.1) is 18.6 Å². The lowest BCUT2D eigenvalue weighted by Crippen LogP contribution is -2.40. The largest absolute Gasteiger partial charge is 0.322 e. The van der Waals surface area contributed by atoms with Crippen LogP contribution in [0.25, 0.3) is 0 Å². The molecule has 2 aromatic rings. The third kappa shape index (κ3) is 4.24. The minimum Gasteiger partial charge on any atom is -0.322 e. The van der Waals surface area contributed by atoms with Gasteiger partial charge in [0, 0.05) is 6.54 Å². The summed E-state index contributed by atoms with van der Waals surface area (Å²) in [6, 6.07) is 5.64. The number of alkyl halides is 2. The summed E-state index contributed by atoms with van der Waals surface area (Å²) in [4.78, 5) is 3.43. The fraction of sp³-hybridized carbons (Fsp3) is 0.250. The Balaban J connectivity index is 2.50. The molecule has 9 heteroatoms. The average molecular weight is 355 g/mol.